The van der Waals surface area contributed by atoms with Crippen LogP contribution in [0.15, 0.2) is 16.9 Å². The number of pyridine rings is 1. The summed E-state index contributed by atoms with van der Waals surface area (Å²) in [7, 11) is 1.62. The van der Waals surface area contributed by atoms with Crippen molar-refractivity contribution in [3.05, 3.63) is 33.7 Å². The topological polar surface area (TPSA) is 91.5 Å². The van der Waals surface area contributed by atoms with E-state index in [0.717, 1.165) is 5.69 Å². The van der Waals surface area contributed by atoms with E-state index >= 15 is 0 Å². The van der Waals surface area contributed by atoms with E-state index in [4.69, 9.17) is 4.74 Å². The molecule has 3 heterocycles. The number of nitrogens with one attached hydrogen (secondary N) is 2. The van der Waals surface area contributed by atoms with Gasteiger partial charge in [0.25, 0.3) is 5.91 Å². The predicted molar refractivity (Wildman–Crippen MR) is 87.8 cm³/mol. The summed E-state index contributed by atoms with van der Waals surface area (Å²) in [4.78, 5) is 41.5. The lowest BCUT2D eigenvalue weighted by atomic mass is 9.73. The Morgan fingerprint density at radius 2 is 2.25 bits per heavy atom. The predicted octanol–water partition coefficient (Wildman–Crippen LogP) is 0.162. The van der Waals surface area contributed by atoms with Crippen LogP contribution in [-0.4, -0.2) is 55.0 Å². The third kappa shape index (κ3) is 2.73. The number of rotatable bonds is 3. The van der Waals surface area contributed by atoms with Gasteiger partial charge in [-0.05, 0) is 18.9 Å². The lowest BCUT2D eigenvalue weighted by Gasteiger charge is -2.36. The smallest absolute Gasteiger partial charge is 0.254 e. The molecule has 3 rings (SSSR count). The molecule has 0 unspecified atom stereocenters. The van der Waals surface area contributed by atoms with Gasteiger partial charge in [0, 0.05) is 50.0 Å². The first-order valence-corrected chi connectivity index (χ1v) is 8.32. The van der Waals surface area contributed by atoms with Gasteiger partial charge in [0.15, 0.2) is 0 Å². The van der Waals surface area contributed by atoms with Gasteiger partial charge in [0.2, 0.25) is 11.5 Å². The van der Waals surface area contributed by atoms with Gasteiger partial charge in [-0.15, -0.1) is 0 Å². The third-order valence-electron chi connectivity index (χ3n) is 5.20. The van der Waals surface area contributed by atoms with Crippen molar-refractivity contribution in [3.8, 4) is 0 Å². The van der Waals surface area contributed by atoms with Crippen LogP contribution in [0.3, 0.4) is 0 Å². The molecule has 0 radical (unpaired) electrons. The molecule has 1 aromatic rings. The average molecular weight is 333 g/mol. The zero-order chi connectivity index (χ0) is 17.3. The minimum atomic E-state index is -0.586. The second kappa shape index (κ2) is 6.39. The van der Waals surface area contributed by atoms with E-state index in [1.165, 1.54) is 6.07 Å². The molecule has 7 nitrogen and oxygen atoms in total. The maximum absolute atomic E-state index is 12.9. The van der Waals surface area contributed by atoms with Crippen LogP contribution in [0.25, 0.3) is 0 Å². The van der Waals surface area contributed by atoms with Gasteiger partial charge in [-0.3, -0.25) is 14.4 Å². The Bertz CT molecular complexity index is 714. The van der Waals surface area contributed by atoms with Crippen molar-refractivity contribution in [1.29, 1.82) is 0 Å². The minimum absolute atomic E-state index is 0.0113. The molecule has 2 aliphatic rings. The monoisotopic (exact) mass is 333 g/mol. The number of likely N-dealkylation sites (tertiary alicyclic amines) is 1. The van der Waals surface area contributed by atoms with Gasteiger partial charge in [-0.2, -0.15) is 0 Å². The SMILES string of the molecule is CCc1cc(C(=O)N2C[C@@H]3COCC[C@]3(C(=O)NC)C2)cc(=O)[nH]1. The number of hydrogen-bond donors (Lipinski definition) is 2. The molecule has 0 aliphatic carbocycles. The summed E-state index contributed by atoms with van der Waals surface area (Å²) in [5.41, 5.74) is 0.241. The number of carbonyl (C=O) groups excluding carboxylic acids is 2. The number of aromatic nitrogens is 1. The molecule has 2 atom stereocenters. The van der Waals surface area contributed by atoms with E-state index in [1.807, 2.05) is 6.92 Å². The normalized spacial score (nSPS) is 26.1. The number of aromatic amines is 1. The maximum Gasteiger partial charge on any atom is 0.254 e. The van der Waals surface area contributed by atoms with Crippen molar-refractivity contribution >= 4 is 11.8 Å². The number of nitrogens with zero attached hydrogens (tertiary/aromatic N) is 1. The van der Waals surface area contributed by atoms with Crippen LogP contribution in [0.5, 0.6) is 0 Å². The Morgan fingerprint density at radius 1 is 1.46 bits per heavy atom. The van der Waals surface area contributed by atoms with Gasteiger partial charge in [0.1, 0.15) is 0 Å². The average Bonchev–Trinajstić information content (AvgIpc) is 3.00. The first-order valence-electron chi connectivity index (χ1n) is 8.32. The van der Waals surface area contributed by atoms with E-state index in [1.54, 1.807) is 18.0 Å². The number of H-pyrrole nitrogens is 1. The summed E-state index contributed by atoms with van der Waals surface area (Å²) in [6, 6.07) is 3.04. The molecular formula is C17H23N3O4. The molecule has 2 aliphatic heterocycles. The molecule has 2 saturated heterocycles. The number of hydrogen-bond acceptors (Lipinski definition) is 4. The van der Waals surface area contributed by atoms with Gasteiger partial charge in [-0.1, -0.05) is 6.92 Å². The Hall–Kier alpha value is -2.15. The van der Waals surface area contributed by atoms with Gasteiger partial charge in [-0.25, -0.2) is 0 Å². The molecule has 2 amide bonds. The Kier molecular flexibility index (Phi) is 4.45. The number of amides is 2. The van der Waals surface area contributed by atoms with Crippen molar-refractivity contribution in [2.75, 3.05) is 33.4 Å². The molecule has 24 heavy (non-hydrogen) atoms. The molecule has 0 spiro atoms. The Labute approximate surface area is 140 Å². The number of aryl methyl sites for hydroxylation is 1. The summed E-state index contributed by atoms with van der Waals surface area (Å²) >= 11 is 0. The van der Waals surface area contributed by atoms with Crippen LogP contribution in [0.4, 0.5) is 0 Å². The fourth-order valence-corrected chi connectivity index (χ4v) is 3.82. The largest absolute Gasteiger partial charge is 0.381 e. The summed E-state index contributed by atoms with van der Waals surface area (Å²) < 4.78 is 5.52. The van der Waals surface area contributed by atoms with Crippen LogP contribution < -0.4 is 10.9 Å². The molecule has 0 bridgehead atoms. The molecule has 0 saturated carbocycles. The fourth-order valence-electron chi connectivity index (χ4n) is 3.82. The summed E-state index contributed by atoms with van der Waals surface area (Å²) in [5, 5.41) is 2.74. The van der Waals surface area contributed by atoms with E-state index in [9.17, 15) is 14.4 Å². The molecular weight excluding hydrogens is 310 g/mol. The lowest BCUT2D eigenvalue weighted by molar-refractivity contribution is -0.138. The highest BCUT2D eigenvalue weighted by molar-refractivity contribution is 5.95. The highest BCUT2D eigenvalue weighted by Crippen LogP contribution is 2.42. The summed E-state index contributed by atoms with van der Waals surface area (Å²) in [6.45, 7) is 3.76. The number of ether oxygens (including phenoxy) is 1. The fraction of sp³-hybridized carbons (Fsp3) is 0.588. The van der Waals surface area contributed by atoms with Crippen molar-refractivity contribution in [2.45, 2.75) is 19.8 Å². The van der Waals surface area contributed by atoms with Crippen molar-refractivity contribution in [3.63, 3.8) is 0 Å². The van der Waals surface area contributed by atoms with Crippen molar-refractivity contribution < 1.29 is 14.3 Å². The first kappa shape index (κ1) is 16.7. The zero-order valence-electron chi connectivity index (χ0n) is 14.1. The Morgan fingerprint density at radius 3 is 2.96 bits per heavy atom. The molecule has 0 aromatic carbocycles. The quantitative estimate of drug-likeness (QED) is 0.824. The van der Waals surface area contributed by atoms with Crippen LogP contribution in [0.2, 0.25) is 0 Å². The van der Waals surface area contributed by atoms with E-state index in [2.05, 4.69) is 10.3 Å². The maximum atomic E-state index is 12.9. The lowest BCUT2D eigenvalue weighted by Crippen LogP contribution is -2.49. The summed E-state index contributed by atoms with van der Waals surface area (Å²) in [5.74, 6) is -0.248. The van der Waals surface area contributed by atoms with E-state index in [0.29, 0.717) is 44.7 Å². The Balaban J connectivity index is 1.88. The summed E-state index contributed by atoms with van der Waals surface area (Å²) in [6.07, 6.45) is 1.26. The van der Waals surface area contributed by atoms with Gasteiger partial charge < -0.3 is 19.9 Å². The molecule has 2 N–H and O–H groups in total. The highest BCUT2D eigenvalue weighted by Gasteiger charge is 2.54. The highest BCUT2D eigenvalue weighted by atomic mass is 16.5. The third-order valence-corrected chi connectivity index (χ3v) is 5.20. The second-order valence-corrected chi connectivity index (χ2v) is 6.55. The van der Waals surface area contributed by atoms with E-state index in [-0.39, 0.29) is 23.3 Å². The number of carbonyl (C=O) groups is 2. The zero-order valence-corrected chi connectivity index (χ0v) is 14.1. The van der Waals surface area contributed by atoms with E-state index < -0.39 is 5.41 Å². The molecule has 1 aromatic heterocycles. The van der Waals surface area contributed by atoms with Crippen LogP contribution in [-0.2, 0) is 16.0 Å². The van der Waals surface area contributed by atoms with Crippen LogP contribution >= 0.6 is 0 Å². The first-order chi connectivity index (χ1) is 11.5. The second-order valence-electron chi connectivity index (χ2n) is 6.55. The van der Waals surface area contributed by atoms with Crippen LogP contribution in [0, 0.1) is 11.3 Å². The standard InChI is InChI=1S/C17H23N3O4/c1-3-13-6-11(7-14(21)19-13)15(22)20-8-12-9-24-5-4-17(12,10-20)16(23)18-2/h6-7,12H,3-5,8-10H2,1-2H3,(H,18,23)(H,19,21)/t12-,17+/m1/s1. The molecule has 130 valence electrons. The van der Waals surface area contributed by atoms with Crippen LogP contribution in [0.1, 0.15) is 29.4 Å². The van der Waals surface area contributed by atoms with Crippen molar-refractivity contribution in [2.24, 2.45) is 11.3 Å². The number of fused-ring (bicyclic) bond motifs is 1. The van der Waals surface area contributed by atoms with Gasteiger partial charge >= 0.3 is 0 Å². The van der Waals surface area contributed by atoms with Gasteiger partial charge in [0.05, 0.1) is 12.0 Å². The minimum Gasteiger partial charge on any atom is -0.381 e. The van der Waals surface area contributed by atoms with Crippen molar-refractivity contribution in [1.82, 2.24) is 15.2 Å². The molecule has 7 heteroatoms. The molecule has 2 fully saturated rings.